The summed E-state index contributed by atoms with van der Waals surface area (Å²) in [6.45, 7) is 6.44. The molecule has 0 N–H and O–H groups in total. The Labute approximate surface area is 173 Å². The molecular formula is C23H29ClN2O2. The normalized spacial score (nSPS) is 17.8. The molecule has 1 aliphatic carbocycles. The minimum atomic E-state index is 0.409. The SMILES string of the molecule is COCCCOc1cc2c(nc1Cl)/C(=N/Cc1ccccc1)CC(C(C)C)C2. The number of benzene rings is 1. The van der Waals surface area contributed by atoms with Gasteiger partial charge in [-0.1, -0.05) is 55.8 Å². The predicted molar refractivity (Wildman–Crippen MR) is 115 cm³/mol. The number of halogens is 1. The van der Waals surface area contributed by atoms with Crippen LogP contribution in [0.2, 0.25) is 5.15 Å². The molecule has 5 heteroatoms. The van der Waals surface area contributed by atoms with Crippen LogP contribution in [0.3, 0.4) is 0 Å². The lowest BCUT2D eigenvalue weighted by molar-refractivity contribution is 0.172. The summed E-state index contributed by atoms with van der Waals surface area (Å²) in [6.07, 6.45) is 2.74. The number of rotatable bonds is 8. The van der Waals surface area contributed by atoms with Crippen molar-refractivity contribution in [3.05, 3.63) is 58.4 Å². The molecule has 0 bridgehead atoms. The molecule has 0 fully saturated rings. The van der Waals surface area contributed by atoms with Crippen molar-refractivity contribution >= 4 is 17.3 Å². The zero-order chi connectivity index (χ0) is 19.9. The molecule has 0 aliphatic heterocycles. The van der Waals surface area contributed by atoms with Crippen molar-refractivity contribution in [2.75, 3.05) is 20.3 Å². The van der Waals surface area contributed by atoms with E-state index in [1.54, 1.807) is 7.11 Å². The van der Waals surface area contributed by atoms with Crippen LogP contribution >= 0.6 is 11.6 Å². The summed E-state index contributed by atoms with van der Waals surface area (Å²) in [5, 5.41) is 0.409. The van der Waals surface area contributed by atoms with E-state index in [1.165, 1.54) is 11.1 Å². The number of pyridine rings is 1. The summed E-state index contributed by atoms with van der Waals surface area (Å²) in [4.78, 5) is 9.60. The van der Waals surface area contributed by atoms with Crippen molar-refractivity contribution in [2.45, 2.75) is 39.7 Å². The molecule has 1 heterocycles. The number of methoxy groups -OCH3 is 1. The molecule has 0 saturated carbocycles. The van der Waals surface area contributed by atoms with Crippen LogP contribution in [0.1, 0.15) is 43.5 Å². The fourth-order valence-corrected chi connectivity index (χ4v) is 3.68. The molecule has 0 saturated heterocycles. The van der Waals surface area contributed by atoms with Gasteiger partial charge in [-0.05, 0) is 41.9 Å². The molecule has 2 aromatic rings. The van der Waals surface area contributed by atoms with E-state index in [9.17, 15) is 0 Å². The number of aliphatic imine (C=N–C) groups is 1. The molecule has 1 atom stereocenters. The van der Waals surface area contributed by atoms with Gasteiger partial charge < -0.3 is 9.47 Å². The molecule has 1 aromatic heterocycles. The highest BCUT2D eigenvalue weighted by atomic mass is 35.5. The first-order valence-corrected chi connectivity index (χ1v) is 10.3. The average molecular weight is 401 g/mol. The van der Waals surface area contributed by atoms with Gasteiger partial charge in [-0.25, -0.2) is 4.98 Å². The van der Waals surface area contributed by atoms with Crippen LogP contribution in [-0.4, -0.2) is 31.0 Å². The summed E-state index contributed by atoms with van der Waals surface area (Å²) < 4.78 is 10.9. The van der Waals surface area contributed by atoms with Gasteiger partial charge in [-0.15, -0.1) is 0 Å². The molecule has 1 aromatic carbocycles. The van der Waals surface area contributed by atoms with Crippen LogP contribution in [0.15, 0.2) is 41.4 Å². The fourth-order valence-electron chi connectivity index (χ4n) is 3.48. The van der Waals surface area contributed by atoms with Gasteiger partial charge in [0.1, 0.15) is 0 Å². The first-order chi connectivity index (χ1) is 13.6. The molecule has 4 nitrogen and oxygen atoms in total. The lowest BCUT2D eigenvalue weighted by Gasteiger charge is -2.28. The predicted octanol–water partition coefficient (Wildman–Crippen LogP) is 5.36. The third-order valence-corrected chi connectivity index (χ3v) is 5.49. The van der Waals surface area contributed by atoms with Crippen LogP contribution in [0.4, 0.5) is 0 Å². The quantitative estimate of drug-likeness (QED) is 0.442. The minimum Gasteiger partial charge on any atom is -0.490 e. The van der Waals surface area contributed by atoms with Gasteiger partial charge in [-0.2, -0.15) is 0 Å². The number of ether oxygens (including phenoxy) is 2. The molecular weight excluding hydrogens is 372 g/mol. The summed E-state index contributed by atoms with van der Waals surface area (Å²) >= 11 is 6.43. The second-order valence-corrected chi connectivity index (χ2v) is 8.00. The van der Waals surface area contributed by atoms with E-state index in [1.807, 2.05) is 18.2 Å². The van der Waals surface area contributed by atoms with Gasteiger partial charge in [-0.3, -0.25) is 4.99 Å². The van der Waals surface area contributed by atoms with Crippen LogP contribution < -0.4 is 4.74 Å². The van der Waals surface area contributed by atoms with E-state index < -0.39 is 0 Å². The maximum absolute atomic E-state index is 6.43. The molecule has 1 aliphatic rings. The maximum Gasteiger partial charge on any atom is 0.171 e. The Kier molecular flexibility index (Phi) is 7.46. The van der Waals surface area contributed by atoms with Gasteiger partial charge in [0.15, 0.2) is 10.9 Å². The molecule has 0 spiro atoms. The van der Waals surface area contributed by atoms with Crippen molar-refractivity contribution in [3.8, 4) is 5.75 Å². The Bertz CT molecular complexity index is 806. The number of nitrogens with zero attached hydrogens (tertiary/aromatic N) is 2. The average Bonchev–Trinajstić information content (AvgIpc) is 2.70. The second-order valence-electron chi connectivity index (χ2n) is 7.64. The van der Waals surface area contributed by atoms with Crippen LogP contribution in [0.5, 0.6) is 5.75 Å². The van der Waals surface area contributed by atoms with E-state index in [0.29, 0.717) is 42.5 Å². The first kappa shape index (κ1) is 20.8. The van der Waals surface area contributed by atoms with Crippen molar-refractivity contribution in [1.29, 1.82) is 0 Å². The van der Waals surface area contributed by atoms with Gasteiger partial charge in [0.2, 0.25) is 0 Å². The maximum atomic E-state index is 6.43. The topological polar surface area (TPSA) is 43.7 Å². The van der Waals surface area contributed by atoms with Gasteiger partial charge in [0, 0.05) is 20.1 Å². The molecule has 0 radical (unpaired) electrons. The van der Waals surface area contributed by atoms with Crippen LogP contribution in [-0.2, 0) is 17.7 Å². The van der Waals surface area contributed by atoms with Gasteiger partial charge in [0.25, 0.3) is 0 Å². The summed E-state index contributed by atoms with van der Waals surface area (Å²) in [7, 11) is 1.69. The summed E-state index contributed by atoms with van der Waals surface area (Å²) in [5.74, 6) is 1.78. The highest BCUT2D eigenvalue weighted by molar-refractivity contribution is 6.31. The highest BCUT2D eigenvalue weighted by Gasteiger charge is 2.28. The Morgan fingerprint density at radius 2 is 1.96 bits per heavy atom. The molecule has 150 valence electrons. The van der Waals surface area contributed by atoms with E-state index in [-0.39, 0.29) is 0 Å². The number of fused-ring (bicyclic) bond motifs is 1. The monoisotopic (exact) mass is 400 g/mol. The Hall–Kier alpha value is -1.91. The smallest absolute Gasteiger partial charge is 0.171 e. The summed E-state index contributed by atoms with van der Waals surface area (Å²) in [5.41, 5.74) is 4.37. The second kappa shape index (κ2) is 10.0. The third kappa shape index (κ3) is 5.33. The van der Waals surface area contributed by atoms with E-state index in [2.05, 4.69) is 37.0 Å². The Balaban J connectivity index is 1.86. The first-order valence-electron chi connectivity index (χ1n) is 9.97. The van der Waals surface area contributed by atoms with Gasteiger partial charge >= 0.3 is 0 Å². The zero-order valence-electron chi connectivity index (χ0n) is 17.0. The van der Waals surface area contributed by atoms with E-state index in [4.69, 9.17) is 26.1 Å². The molecule has 3 rings (SSSR count). The Morgan fingerprint density at radius 1 is 1.18 bits per heavy atom. The van der Waals surface area contributed by atoms with Gasteiger partial charge in [0.05, 0.1) is 24.6 Å². The third-order valence-electron chi connectivity index (χ3n) is 5.22. The van der Waals surface area contributed by atoms with E-state index in [0.717, 1.165) is 30.7 Å². The fraction of sp³-hybridized carbons (Fsp3) is 0.478. The summed E-state index contributed by atoms with van der Waals surface area (Å²) in [6, 6.07) is 12.4. The Morgan fingerprint density at radius 3 is 2.68 bits per heavy atom. The lowest BCUT2D eigenvalue weighted by Crippen LogP contribution is -2.26. The van der Waals surface area contributed by atoms with Crippen molar-refractivity contribution in [1.82, 2.24) is 4.98 Å². The largest absolute Gasteiger partial charge is 0.490 e. The zero-order valence-corrected chi connectivity index (χ0v) is 17.7. The highest BCUT2D eigenvalue weighted by Crippen LogP contribution is 2.34. The number of hydrogen-bond donors (Lipinski definition) is 0. The lowest BCUT2D eigenvalue weighted by atomic mass is 9.79. The number of aromatic nitrogens is 1. The molecule has 1 unspecified atom stereocenters. The standard InChI is InChI=1S/C23H29ClN2O2/c1-16(2)18-12-19-14-21(28-11-7-10-27-3)23(24)26-22(19)20(13-18)25-15-17-8-5-4-6-9-17/h4-6,8-9,14,16,18H,7,10-13,15H2,1-3H3/b25-20+. The van der Waals surface area contributed by atoms with Crippen LogP contribution in [0, 0.1) is 11.8 Å². The molecule has 28 heavy (non-hydrogen) atoms. The van der Waals surface area contributed by atoms with Crippen molar-refractivity contribution in [3.63, 3.8) is 0 Å². The number of hydrogen-bond acceptors (Lipinski definition) is 4. The minimum absolute atomic E-state index is 0.409. The van der Waals surface area contributed by atoms with Crippen molar-refractivity contribution < 1.29 is 9.47 Å². The molecule has 0 amide bonds. The van der Waals surface area contributed by atoms with Crippen molar-refractivity contribution in [2.24, 2.45) is 16.8 Å². The van der Waals surface area contributed by atoms with Crippen LogP contribution in [0.25, 0.3) is 0 Å². The van der Waals surface area contributed by atoms with E-state index >= 15 is 0 Å².